The molecule has 0 bridgehead atoms. The zero-order chi connectivity index (χ0) is 22.0. The molecule has 0 radical (unpaired) electrons. The van der Waals surface area contributed by atoms with Gasteiger partial charge in [-0.2, -0.15) is 4.31 Å². The summed E-state index contributed by atoms with van der Waals surface area (Å²) in [5.41, 5.74) is 0.903. The molecule has 166 valence electrons. The van der Waals surface area contributed by atoms with Crippen LogP contribution in [0, 0.1) is 0 Å². The first-order valence-corrected chi connectivity index (χ1v) is 11.9. The third-order valence-electron chi connectivity index (χ3n) is 5.37. The zero-order valence-electron chi connectivity index (χ0n) is 17.1. The van der Waals surface area contributed by atoms with Gasteiger partial charge in [-0.15, -0.1) is 0 Å². The fourth-order valence-electron chi connectivity index (χ4n) is 3.60. The summed E-state index contributed by atoms with van der Waals surface area (Å²) in [5.74, 6) is 1.37. The van der Waals surface area contributed by atoms with Gasteiger partial charge in [-0.05, 0) is 42.8 Å². The third-order valence-corrected chi connectivity index (χ3v) is 7.50. The highest BCUT2D eigenvalue weighted by Crippen LogP contribution is 2.32. The molecule has 0 spiro atoms. The van der Waals surface area contributed by atoms with Crippen LogP contribution in [-0.4, -0.2) is 63.0 Å². The first kappa shape index (κ1) is 21.7. The number of urea groups is 1. The van der Waals surface area contributed by atoms with E-state index >= 15 is 0 Å². The van der Waals surface area contributed by atoms with Gasteiger partial charge in [-0.25, -0.2) is 13.2 Å². The Morgan fingerprint density at radius 3 is 2.45 bits per heavy atom. The van der Waals surface area contributed by atoms with Gasteiger partial charge in [-0.1, -0.05) is 23.7 Å². The Balaban J connectivity index is 1.35. The molecule has 4 rings (SSSR count). The highest BCUT2D eigenvalue weighted by molar-refractivity contribution is 7.89. The second-order valence-corrected chi connectivity index (χ2v) is 9.80. The van der Waals surface area contributed by atoms with Crippen molar-refractivity contribution in [1.29, 1.82) is 0 Å². The largest absolute Gasteiger partial charge is 0.486 e. The first-order valence-electron chi connectivity index (χ1n) is 10.1. The average Bonchev–Trinajstić information content (AvgIpc) is 2.78. The molecule has 2 heterocycles. The van der Waals surface area contributed by atoms with E-state index in [1.807, 2.05) is 25.1 Å². The molecule has 1 unspecified atom stereocenters. The fourth-order valence-corrected chi connectivity index (χ4v) is 5.32. The summed E-state index contributed by atoms with van der Waals surface area (Å²) >= 11 is 5.93. The van der Waals surface area contributed by atoms with Crippen molar-refractivity contribution in [3.8, 4) is 11.5 Å². The number of piperazine rings is 1. The SMILES string of the molecule is CC(NC(=O)N1CCN(S(=O)(=O)c2cccc(Cl)c2)CC1)c1ccc2c(c1)OCCO2. The lowest BCUT2D eigenvalue weighted by molar-refractivity contribution is 0.168. The van der Waals surface area contributed by atoms with E-state index in [2.05, 4.69) is 5.32 Å². The quantitative estimate of drug-likeness (QED) is 0.750. The van der Waals surface area contributed by atoms with Crippen molar-refractivity contribution in [3.05, 3.63) is 53.1 Å². The molecule has 2 aromatic rings. The predicted molar refractivity (Wildman–Crippen MR) is 116 cm³/mol. The molecule has 1 atom stereocenters. The minimum Gasteiger partial charge on any atom is -0.486 e. The van der Waals surface area contributed by atoms with Crippen molar-refractivity contribution in [2.45, 2.75) is 17.9 Å². The van der Waals surface area contributed by atoms with Gasteiger partial charge in [0.1, 0.15) is 13.2 Å². The summed E-state index contributed by atoms with van der Waals surface area (Å²) < 4.78 is 38.2. The second-order valence-electron chi connectivity index (χ2n) is 7.42. The van der Waals surface area contributed by atoms with Crippen molar-refractivity contribution in [2.75, 3.05) is 39.4 Å². The summed E-state index contributed by atoms with van der Waals surface area (Å²) in [4.78, 5) is 14.5. The predicted octanol–water partition coefficient (Wildman–Crippen LogP) is 2.89. The number of hydrogen-bond donors (Lipinski definition) is 1. The van der Waals surface area contributed by atoms with E-state index in [1.54, 1.807) is 17.0 Å². The van der Waals surface area contributed by atoms with Crippen molar-refractivity contribution in [3.63, 3.8) is 0 Å². The monoisotopic (exact) mass is 465 g/mol. The molecule has 0 saturated carbocycles. The summed E-state index contributed by atoms with van der Waals surface area (Å²) in [7, 11) is -3.64. The Morgan fingerprint density at radius 1 is 1.03 bits per heavy atom. The number of nitrogens with one attached hydrogen (secondary N) is 1. The molecule has 2 amide bonds. The lowest BCUT2D eigenvalue weighted by Gasteiger charge is -2.34. The molecule has 2 aromatic carbocycles. The van der Waals surface area contributed by atoms with E-state index in [1.165, 1.54) is 16.4 Å². The Bertz CT molecular complexity index is 1070. The number of nitrogens with zero attached hydrogens (tertiary/aromatic N) is 2. The van der Waals surface area contributed by atoms with Crippen LogP contribution in [0.4, 0.5) is 4.79 Å². The lowest BCUT2D eigenvalue weighted by atomic mass is 10.1. The number of hydrogen-bond acceptors (Lipinski definition) is 5. The van der Waals surface area contributed by atoms with Gasteiger partial charge in [0.15, 0.2) is 11.5 Å². The van der Waals surface area contributed by atoms with Crippen LogP contribution in [0.25, 0.3) is 0 Å². The van der Waals surface area contributed by atoms with Crippen LogP contribution in [0.15, 0.2) is 47.4 Å². The molecule has 10 heteroatoms. The number of rotatable bonds is 4. The van der Waals surface area contributed by atoms with Gasteiger partial charge in [-0.3, -0.25) is 0 Å². The number of sulfonamides is 1. The highest BCUT2D eigenvalue weighted by atomic mass is 35.5. The molecule has 8 nitrogen and oxygen atoms in total. The maximum absolute atomic E-state index is 12.8. The molecule has 0 aliphatic carbocycles. The Labute approximate surface area is 186 Å². The standard InChI is InChI=1S/C21H24ClN3O5S/c1-15(16-5-6-19-20(13-16)30-12-11-29-19)23-21(26)24-7-9-25(10-8-24)31(27,28)18-4-2-3-17(22)14-18/h2-6,13-15H,7-12H2,1H3,(H,23,26). The molecule has 0 aromatic heterocycles. The summed E-state index contributed by atoms with van der Waals surface area (Å²) in [5, 5.41) is 3.34. The zero-order valence-corrected chi connectivity index (χ0v) is 18.7. The van der Waals surface area contributed by atoms with Crippen LogP contribution < -0.4 is 14.8 Å². The van der Waals surface area contributed by atoms with Gasteiger partial charge >= 0.3 is 6.03 Å². The number of carbonyl (C=O) groups excluding carboxylic acids is 1. The smallest absolute Gasteiger partial charge is 0.317 e. The molecule has 2 aliphatic rings. The number of benzene rings is 2. The van der Waals surface area contributed by atoms with Crippen molar-refractivity contribution >= 4 is 27.7 Å². The molecular formula is C21H24ClN3O5S. The van der Waals surface area contributed by atoms with Crippen LogP contribution in [0.5, 0.6) is 11.5 Å². The van der Waals surface area contributed by atoms with Crippen LogP contribution >= 0.6 is 11.6 Å². The molecule has 2 aliphatic heterocycles. The lowest BCUT2D eigenvalue weighted by Crippen LogP contribution is -2.53. The van der Waals surface area contributed by atoms with E-state index < -0.39 is 10.0 Å². The van der Waals surface area contributed by atoms with Crippen molar-refractivity contribution in [1.82, 2.24) is 14.5 Å². The van der Waals surface area contributed by atoms with E-state index in [4.69, 9.17) is 21.1 Å². The number of halogens is 1. The first-order chi connectivity index (χ1) is 14.8. The molecule has 1 saturated heterocycles. The van der Waals surface area contributed by atoms with Crippen LogP contribution in [0.1, 0.15) is 18.5 Å². The minimum atomic E-state index is -3.64. The molecule has 1 N–H and O–H groups in total. The topological polar surface area (TPSA) is 88.2 Å². The number of fused-ring (bicyclic) bond motifs is 1. The van der Waals surface area contributed by atoms with Crippen molar-refractivity contribution < 1.29 is 22.7 Å². The Morgan fingerprint density at radius 2 is 1.74 bits per heavy atom. The van der Waals surface area contributed by atoms with E-state index in [9.17, 15) is 13.2 Å². The minimum absolute atomic E-state index is 0.158. The van der Waals surface area contributed by atoms with E-state index in [0.717, 1.165) is 5.56 Å². The summed E-state index contributed by atoms with van der Waals surface area (Å²) in [6.45, 7) is 3.97. The van der Waals surface area contributed by atoms with Gasteiger partial charge in [0, 0.05) is 31.2 Å². The van der Waals surface area contributed by atoms with Crippen LogP contribution in [-0.2, 0) is 10.0 Å². The Kier molecular flexibility index (Phi) is 6.27. The number of carbonyl (C=O) groups is 1. The van der Waals surface area contributed by atoms with Crippen LogP contribution in [0.2, 0.25) is 5.02 Å². The number of ether oxygens (including phenoxy) is 2. The molecule has 31 heavy (non-hydrogen) atoms. The maximum atomic E-state index is 12.8. The second kappa shape index (κ2) is 8.94. The van der Waals surface area contributed by atoms with Gasteiger partial charge in [0.25, 0.3) is 0 Å². The molecular weight excluding hydrogens is 442 g/mol. The Hall–Kier alpha value is -2.49. The maximum Gasteiger partial charge on any atom is 0.317 e. The average molecular weight is 466 g/mol. The summed E-state index contributed by atoms with van der Waals surface area (Å²) in [6, 6.07) is 11.3. The normalized spacial score (nSPS) is 17.8. The van der Waals surface area contributed by atoms with E-state index in [0.29, 0.717) is 42.8 Å². The molecule has 1 fully saturated rings. The third kappa shape index (κ3) is 4.73. The fraction of sp³-hybridized carbons (Fsp3) is 0.381. The van der Waals surface area contributed by atoms with Gasteiger partial charge in [0.2, 0.25) is 10.0 Å². The van der Waals surface area contributed by atoms with Crippen molar-refractivity contribution in [2.24, 2.45) is 0 Å². The van der Waals surface area contributed by atoms with E-state index in [-0.39, 0.29) is 30.1 Å². The van der Waals surface area contributed by atoms with Crippen LogP contribution in [0.3, 0.4) is 0 Å². The van der Waals surface area contributed by atoms with Gasteiger partial charge < -0.3 is 19.7 Å². The number of amides is 2. The summed E-state index contributed by atoms with van der Waals surface area (Å²) in [6.07, 6.45) is 0. The van der Waals surface area contributed by atoms with Gasteiger partial charge in [0.05, 0.1) is 10.9 Å². The highest BCUT2D eigenvalue weighted by Gasteiger charge is 2.30.